The molecule has 6 nitrogen and oxygen atoms in total. The first kappa shape index (κ1) is 12.9. The topological polar surface area (TPSA) is 78.8 Å². The molecule has 1 aromatic heterocycles. The third kappa shape index (κ3) is 2.01. The number of aromatic nitrogens is 4. The highest BCUT2D eigenvalue weighted by molar-refractivity contribution is 5.69. The summed E-state index contributed by atoms with van der Waals surface area (Å²) in [5, 5.41) is 12.3. The van der Waals surface area contributed by atoms with Gasteiger partial charge in [-0.2, -0.15) is 0 Å². The van der Waals surface area contributed by atoms with E-state index in [1.807, 2.05) is 22.9 Å². The van der Waals surface area contributed by atoms with Crippen molar-refractivity contribution in [1.29, 1.82) is 0 Å². The summed E-state index contributed by atoms with van der Waals surface area (Å²) >= 11 is 0. The molecule has 0 radical (unpaired) electrons. The van der Waals surface area contributed by atoms with E-state index < -0.39 is 0 Å². The number of benzene rings is 1. The van der Waals surface area contributed by atoms with Gasteiger partial charge in [0, 0.05) is 5.69 Å². The van der Waals surface area contributed by atoms with Crippen LogP contribution in [0, 0.1) is 0 Å². The maximum atomic E-state index is 5.89. The first-order chi connectivity index (χ1) is 9.64. The monoisotopic (exact) mass is 273 g/mol. The molecule has 1 aliphatic carbocycles. The molecule has 0 saturated heterocycles. The van der Waals surface area contributed by atoms with Gasteiger partial charge in [-0.25, -0.2) is 4.68 Å². The lowest BCUT2D eigenvalue weighted by atomic mass is 10.0. The zero-order chi connectivity index (χ0) is 14.2. The number of nitrogens with zero attached hydrogens (tertiary/aromatic N) is 4. The maximum Gasteiger partial charge on any atom is 0.186 e. The molecule has 2 aromatic rings. The maximum absolute atomic E-state index is 5.89. The van der Waals surface area contributed by atoms with Gasteiger partial charge in [-0.15, -0.1) is 5.10 Å². The number of ether oxygens (including phenoxy) is 1. The smallest absolute Gasteiger partial charge is 0.186 e. The van der Waals surface area contributed by atoms with E-state index in [0.717, 1.165) is 30.0 Å². The number of methoxy groups -OCH3 is 1. The van der Waals surface area contributed by atoms with Crippen molar-refractivity contribution in [3.05, 3.63) is 18.2 Å². The van der Waals surface area contributed by atoms with Gasteiger partial charge >= 0.3 is 0 Å². The lowest BCUT2D eigenvalue weighted by Crippen LogP contribution is -2.28. The molecule has 6 heteroatoms. The van der Waals surface area contributed by atoms with Gasteiger partial charge in [-0.1, -0.05) is 12.8 Å². The van der Waals surface area contributed by atoms with Crippen molar-refractivity contribution in [3.8, 4) is 17.1 Å². The summed E-state index contributed by atoms with van der Waals surface area (Å²) in [5.41, 5.74) is 7.38. The van der Waals surface area contributed by atoms with Crippen LogP contribution >= 0.6 is 0 Å². The largest absolute Gasteiger partial charge is 0.496 e. The highest BCUT2D eigenvalue weighted by Gasteiger charge is 2.34. The molecule has 0 amide bonds. The highest BCUT2D eigenvalue weighted by atomic mass is 16.5. The summed E-state index contributed by atoms with van der Waals surface area (Å²) < 4.78 is 7.34. The molecule has 1 fully saturated rings. The summed E-state index contributed by atoms with van der Waals surface area (Å²) in [7, 11) is 1.64. The fraction of sp³-hybridized carbons (Fsp3) is 0.500. The van der Waals surface area contributed by atoms with Crippen molar-refractivity contribution < 1.29 is 4.74 Å². The summed E-state index contributed by atoms with van der Waals surface area (Å²) in [4.78, 5) is 0. The molecule has 3 rings (SSSR count). The van der Waals surface area contributed by atoms with E-state index in [1.54, 1.807) is 7.11 Å². The molecular formula is C14H19N5O. The van der Waals surface area contributed by atoms with E-state index in [4.69, 9.17) is 10.5 Å². The fourth-order valence-electron chi connectivity index (χ4n) is 2.97. The van der Waals surface area contributed by atoms with Crippen LogP contribution in [0.4, 0.5) is 5.69 Å². The molecule has 2 N–H and O–H groups in total. The van der Waals surface area contributed by atoms with Crippen molar-refractivity contribution in [2.24, 2.45) is 0 Å². The molecule has 0 aliphatic heterocycles. The SMILES string of the molecule is COc1ccc(N)cc1-c1nnnn1C1(C)CCCC1. The summed E-state index contributed by atoms with van der Waals surface area (Å²) in [6.45, 7) is 2.21. The Balaban J connectivity index is 2.12. The summed E-state index contributed by atoms with van der Waals surface area (Å²) in [6.07, 6.45) is 4.61. The Bertz CT molecular complexity index is 616. The molecule has 1 saturated carbocycles. The molecule has 106 valence electrons. The van der Waals surface area contributed by atoms with Crippen LogP contribution in [-0.2, 0) is 5.54 Å². The molecule has 20 heavy (non-hydrogen) atoms. The Labute approximate surface area is 117 Å². The second kappa shape index (κ2) is 4.77. The number of nitrogen functional groups attached to an aromatic ring is 1. The van der Waals surface area contributed by atoms with E-state index in [-0.39, 0.29) is 5.54 Å². The minimum atomic E-state index is -0.0194. The predicted octanol–water partition coefficient (Wildman–Crippen LogP) is 2.22. The Morgan fingerprint density at radius 1 is 1.30 bits per heavy atom. The van der Waals surface area contributed by atoms with Crippen LogP contribution < -0.4 is 10.5 Å². The van der Waals surface area contributed by atoms with Crippen molar-refractivity contribution in [1.82, 2.24) is 20.2 Å². The van der Waals surface area contributed by atoms with Crippen molar-refractivity contribution >= 4 is 5.69 Å². The van der Waals surface area contributed by atoms with Crippen LogP contribution in [-0.4, -0.2) is 27.3 Å². The van der Waals surface area contributed by atoms with Crippen molar-refractivity contribution in [3.63, 3.8) is 0 Å². The molecule has 0 atom stereocenters. The van der Waals surface area contributed by atoms with E-state index in [2.05, 4.69) is 22.4 Å². The lowest BCUT2D eigenvalue weighted by Gasteiger charge is -2.25. The van der Waals surface area contributed by atoms with Crippen LogP contribution in [0.1, 0.15) is 32.6 Å². The number of nitrogens with two attached hydrogens (primary N) is 1. The third-order valence-corrected chi connectivity index (χ3v) is 4.13. The summed E-state index contributed by atoms with van der Waals surface area (Å²) in [6, 6.07) is 5.52. The standard InChI is InChI=1S/C14H19N5O/c1-14(7-3-4-8-14)19-13(16-17-18-19)11-9-10(15)5-6-12(11)20-2/h5-6,9H,3-4,7-8,15H2,1-2H3. The normalized spacial score (nSPS) is 17.3. The number of hydrogen-bond acceptors (Lipinski definition) is 5. The first-order valence-corrected chi connectivity index (χ1v) is 6.87. The van der Waals surface area contributed by atoms with Gasteiger partial charge in [0.1, 0.15) is 5.75 Å². The predicted molar refractivity (Wildman–Crippen MR) is 76.3 cm³/mol. The average Bonchev–Trinajstić information content (AvgIpc) is 3.08. The highest BCUT2D eigenvalue weighted by Crippen LogP contribution is 2.39. The van der Waals surface area contributed by atoms with Crippen LogP contribution in [0.5, 0.6) is 5.75 Å². The molecule has 0 spiro atoms. The van der Waals surface area contributed by atoms with Gasteiger partial charge < -0.3 is 10.5 Å². The van der Waals surface area contributed by atoms with E-state index in [9.17, 15) is 0 Å². The minimum Gasteiger partial charge on any atom is -0.496 e. The van der Waals surface area contributed by atoms with Crippen LogP contribution in [0.2, 0.25) is 0 Å². The van der Waals surface area contributed by atoms with Crippen LogP contribution in [0.25, 0.3) is 11.4 Å². The second-order valence-corrected chi connectivity index (χ2v) is 5.58. The van der Waals surface area contributed by atoms with Gasteiger partial charge in [0.25, 0.3) is 0 Å². The van der Waals surface area contributed by atoms with E-state index >= 15 is 0 Å². The van der Waals surface area contributed by atoms with Crippen LogP contribution in [0.3, 0.4) is 0 Å². The zero-order valence-electron chi connectivity index (χ0n) is 11.8. The Kier molecular flexibility index (Phi) is 3.08. The first-order valence-electron chi connectivity index (χ1n) is 6.87. The molecule has 1 heterocycles. The molecular weight excluding hydrogens is 254 g/mol. The second-order valence-electron chi connectivity index (χ2n) is 5.58. The average molecular weight is 273 g/mol. The molecule has 1 aliphatic rings. The fourth-order valence-corrected chi connectivity index (χ4v) is 2.97. The third-order valence-electron chi connectivity index (χ3n) is 4.13. The number of tetrazole rings is 1. The van der Waals surface area contributed by atoms with Crippen molar-refractivity contribution in [2.75, 3.05) is 12.8 Å². The molecule has 0 bridgehead atoms. The van der Waals surface area contributed by atoms with Gasteiger partial charge in [0.05, 0.1) is 18.2 Å². The van der Waals surface area contributed by atoms with Gasteiger partial charge in [0.2, 0.25) is 0 Å². The van der Waals surface area contributed by atoms with E-state index in [1.165, 1.54) is 12.8 Å². The van der Waals surface area contributed by atoms with Gasteiger partial charge in [-0.05, 0) is 48.4 Å². The molecule has 1 aromatic carbocycles. The Morgan fingerprint density at radius 2 is 2.05 bits per heavy atom. The number of hydrogen-bond donors (Lipinski definition) is 1. The Hall–Kier alpha value is -2.11. The number of rotatable bonds is 3. The van der Waals surface area contributed by atoms with Gasteiger partial charge in [-0.3, -0.25) is 0 Å². The summed E-state index contributed by atoms with van der Waals surface area (Å²) in [5.74, 6) is 1.45. The van der Waals surface area contributed by atoms with Crippen LogP contribution in [0.15, 0.2) is 18.2 Å². The number of anilines is 1. The molecule has 0 unspecified atom stereocenters. The zero-order valence-corrected chi connectivity index (χ0v) is 11.8. The minimum absolute atomic E-state index is 0.0194. The quantitative estimate of drug-likeness (QED) is 0.867. The lowest BCUT2D eigenvalue weighted by molar-refractivity contribution is 0.292. The Morgan fingerprint density at radius 3 is 2.75 bits per heavy atom. The van der Waals surface area contributed by atoms with Gasteiger partial charge in [0.15, 0.2) is 5.82 Å². The van der Waals surface area contributed by atoms with E-state index in [0.29, 0.717) is 5.69 Å². The van der Waals surface area contributed by atoms with Crippen molar-refractivity contribution in [2.45, 2.75) is 38.1 Å².